The summed E-state index contributed by atoms with van der Waals surface area (Å²) in [5.74, 6) is 0.949. The lowest BCUT2D eigenvalue weighted by Crippen LogP contribution is -2.31. The molecule has 0 saturated heterocycles. The highest BCUT2D eigenvalue weighted by molar-refractivity contribution is 7.93. The summed E-state index contributed by atoms with van der Waals surface area (Å²) in [5, 5.41) is 3.57. The lowest BCUT2D eigenvalue weighted by molar-refractivity contribution is -0.121. The Balaban J connectivity index is 1.93. The van der Waals surface area contributed by atoms with Crippen LogP contribution < -0.4 is 14.8 Å². The number of rotatable bonds is 7. The van der Waals surface area contributed by atoms with Gasteiger partial charge >= 0.3 is 0 Å². The third-order valence-electron chi connectivity index (χ3n) is 3.88. The van der Waals surface area contributed by atoms with E-state index >= 15 is 0 Å². The van der Waals surface area contributed by atoms with Crippen LogP contribution in [0.4, 0.5) is 0 Å². The molecule has 2 aromatic rings. The molecule has 0 fully saturated rings. The molecule has 1 amide bonds. The van der Waals surface area contributed by atoms with Gasteiger partial charge in [-0.15, -0.1) is 11.3 Å². The van der Waals surface area contributed by atoms with Crippen molar-refractivity contribution in [3.63, 3.8) is 0 Å². The van der Waals surface area contributed by atoms with Gasteiger partial charge in [-0.25, -0.2) is 8.42 Å². The topological polar surface area (TPSA) is 81.7 Å². The lowest BCUT2D eigenvalue weighted by atomic mass is 10.1. The van der Waals surface area contributed by atoms with E-state index < -0.39 is 15.1 Å². The Bertz CT molecular complexity index is 846. The number of fused-ring (bicyclic) bond motifs is 1. The van der Waals surface area contributed by atoms with E-state index in [1.807, 2.05) is 6.92 Å². The zero-order valence-electron chi connectivity index (χ0n) is 13.7. The van der Waals surface area contributed by atoms with Gasteiger partial charge in [0.2, 0.25) is 12.7 Å². The van der Waals surface area contributed by atoms with Crippen LogP contribution >= 0.6 is 11.3 Å². The van der Waals surface area contributed by atoms with Crippen molar-refractivity contribution in [1.29, 1.82) is 0 Å². The van der Waals surface area contributed by atoms with Crippen molar-refractivity contribution < 1.29 is 22.7 Å². The van der Waals surface area contributed by atoms with Gasteiger partial charge in [-0.1, -0.05) is 19.1 Å². The molecule has 8 heteroatoms. The van der Waals surface area contributed by atoms with Gasteiger partial charge in [-0.3, -0.25) is 4.79 Å². The van der Waals surface area contributed by atoms with Gasteiger partial charge in [0.05, 0.1) is 0 Å². The van der Waals surface area contributed by atoms with Crippen LogP contribution in [0.3, 0.4) is 0 Å². The summed E-state index contributed by atoms with van der Waals surface area (Å²) < 4.78 is 37.0. The summed E-state index contributed by atoms with van der Waals surface area (Å²) in [6.45, 7) is 2.03. The number of amides is 1. The Morgan fingerprint density at radius 2 is 2.08 bits per heavy atom. The first-order valence-corrected chi connectivity index (χ1v) is 10.4. The highest BCUT2D eigenvalue weighted by Crippen LogP contribution is 2.38. The average molecular weight is 381 g/mol. The molecule has 3 rings (SSSR count). The molecule has 1 aromatic heterocycles. The molecule has 0 bridgehead atoms. The monoisotopic (exact) mass is 381 g/mol. The fourth-order valence-corrected chi connectivity index (χ4v) is 5.46. The molecule has 0 radical (unpaired) electrons. The molecule has 1 aliphatic heterocycles. The molecule has 134 valence electrons. The summed E-state index contributed by atoms with van der Waals surface area (Å²) in [4.78, 5) is 11.8. The number of thiophene rings is 1. The average Bonchev–Trinajstić information content (AvgIpc) is 3.26. The van der Waals surface area contributed by atoms with Crippen molar-refractivity contribution >= 4 is 27.1 Å². The van der Waals surface area contributed by atoms with Gasteiger partial charge in [0.25, 0.3) is 0 Å². The number of carbonyl (C=O) groups is 1. The van der Waals surface area contributed by atoms with Crippen molar-refractivity contribution in [2.75, 3.05) is 13.3 Å². The normalized spacial score (nSPS) is 14.3. The van der Waals surface area contributed by atoms with Gasteiger partial charge in [-0.05, 0) is 35.6 Å². The molecule has 25 heavy (non-hydrogen) atoms. The highest BCUT2D eigenvalue weighted by atomic mass is 32.2. The molecule has 6 nitrogen and oxygen atoms in total. The number of hydrogen-bond donors (Lipinski definition) is 1. The van der Waals surface area contributed by atoms with E-state index in [-0.39, 0.29) is 23.5 Å². The fourth-order valence-electron chi connectivity index (χ4n) is 2.61. The standard InChI is InChI=1S/C17H19NO5S2/c1-2-4-16(19)18-10-15(25(20,21)17-5-3-8-24-17)12-6-7-13-14(9-12)23-11-22-13/h3,5-9,15H,2,4,10-11H2,1H3,(H,18,19)/t15-/m0/s1. The molecule has 1 aliphatic rings. The molecule has 0 aliphatic carbocycles. The van der Waals surface area contributed by atoms with E-state index in [1.165, 1.54) is 11.3 Å². The van der Waals surface area contributed by atoms with E-state index in [4.69, 9.17) is 9.47 Å². The largest absolute Gasteiger partial charge is 0.454 e. The van der Waals surface area contributed by atoms with Crippen LogP contribution in [-0.2, 0) is 14.6 Å². The Hall–Kier alpha value is -2.06. The van der Waals surface area contributed by atoms with Gasteiger partial charge in [0.15, 0.2) is 21.3 Å². The maximum atomic E-state index is 13.1. The summed E-state index contributed by atoms with van der Waals surface area (Å²) in [5.41, 5.74) is 0.564. The highest BCUT2D eigenvalue weighted by Gasteiger charge is 2.31. The van der Waals surface area contributed by atoms with Crippen molar-refractivity contribution in [3.05, 3.63) is 41.3 Å². The molecule has 0 unspecified atom stereocenters. The van der Waals surface area contributed by atoms with Crippen LogP contribution in [0.15, 0.2) is 39.9 Å². The van der Waals surface area contributed by atoms with Gasteiger partial charge in [0.1, 0.15) is 9.46 Å². The number of hydrogen-bond acceptors (Lipinski definition) is 6. The third kappa shape index (κ3) is 3.80. The number of nitrogens with one attached hydrogen (secondary N) is 1. The third-order valence-corrected chi connectivity index (χ3v) is 7.41. The number of carbonyl (C=O) groups excluding carboxylic acids is 1. The quantitative estimate of drug-likeness (QED) is 0.797. The SMILES string of the molecule is CCCC(=O)NC[C@@H](c1ccc2c(c1)OCO2)S(=O)(=O)c1cccs1. The van der Waals surface area contributed by atoms with Gasteiger partial charge < -0.3 is 14.8 Å². The zero-order chi connectivity index (χ0) is 17.9. The lowest BCUT2D eigenvalue weighted by Gasteiger charge is -2.18. The Morgan fingerprint density at radius 3 is 2.80 bits per heavy atom. The summed E-state index contributed by atoms with van der Waals surface area (Å²) >= 11 is 1.17. The van der Waals surface area contributed by atoms with Crippen LogP contribution in [0.5, 0.6) is 11.5 Å². The Labute approximate surface area is 150 Å². The molecular formula is C17H19NO5S2. The predicted octanol–water partition coefficient (Wildman–Crippen LogP) is 2.91. The number of sulfone groups is 1. The van der Waals surface area contributed by atoms with E-state index in [0.717, 1.165) is 0 Å². The predicted molar refractivity (Wildman–Crippen MR) is 94.7 cm³/mol. The Kier molecular flexibility index (Phi) is 5.29. The van der Waals surface area contributed by atoms with Crippen molar-refractivity contribution in [1.82, 2.24) is 5.32 Å². The minimum absolute atomic E-state index is 0.0126. The van der Waals surface area contributed by atoms with Crippen molar-refractivity contribution in [2.24, 2.45) is 0 Å². The molecule has 1 atom stereocenters. The first-order valence-electron chi connectivity index (χ1n) is 7.96. The smallest absolute Gasteiger partial charge is 0.231 e. The summed E-state index contributed by atoms with van der Waals surface area (Å²) in [6, 6.07) is 8.35. The fraction of sp³-hybridized carbons (Fsp3) is 0.353. The van der Waals surface area contributed by atoms with Crippen LogP contribution in [0, 0.1) is 0 Å². The van der Waals surface area contributed by atoms with Crippen molar-refractivity contribution in [2.45, 2.75) is 29.2 Å². The maximum Gasteiger partial charge on any atom is 0.231 e. The molecule has 1 N–H and O–H groups in total. The Morgan fingerprint density at radius 1 is 1.28 bits per heavy atom. The zero-order valence-corrected chi connectivity index (χ0v) is 15.4. The second kappa shape index (κ2) is 7.45. The minimum Gasteiger partial charge on any atom is -0.454 e. The number of benzene rings is 1. The first-order chi connectivity index (χ1) is 12.0. The second-order valence-electron chi connectivity index (χ2n) is 5.63. The molecular weight excluding hydrogens is 362 g/mol. The molecule has 0 saturated carbocycles. The van der Waals surface area contributed by atoms with E-state index in [2.05, 4.69) is 5.32 Å². The van der Waals surface area contributed by atoms with Crippen LogP contribution in [0.2, 0.25) is 0 Å². The summed E-state index contributed by atoms with van der Waals surface area (Å²) in [6.07, 6.45) is 1.07. The molecule has 0 spiro atoms. The van der Waals surface area contributed by atoms with Crippen LogP contribution in [-0.4, -0.2) is 27.7 Å². The van der Waals surface area contributed by atoms with E-state index in [1.54, 1.807) is 35.7 Å². The maximum absolute atomic E-state index is 13.1. The minimum atomic E-state index is -3.63. The first kappa shape index (κ1) is 17.8. The summed E-state index contributed by atoms with van der Waals surface area (Å²) in [7, 11) is -3.63. The van der Waals surface area contributed by atoms with Gasteiger partial charge in [0, 0.05) is 13.0 Å². The van der Waals surface area contributed by atoms with Gasteiger partial charge in [-0.2, -0.15) is 0 Å². The van der Waals surface area contributed by atoms with Crippen LogP contribution in [0.1, 0.15) is 30.6 Å². The molecule has 1 aromatic carbocycles. The number of ether oxygens (including phenoxy) is 2. The van der Waals surface area contributed by atoms with Crippen LogP contribution in [0.25, 0.3) is 0 Å². The second-order valence-corrected chi connectivity index (χ2v) is 8.94. The van der Waals surface area contributed by atoms with E-state index in [0.29, 0.717) is 29.9 Å². The van der Waals surface area contributed by atoms with E-state index in [9.17, 15) is 13.2 Å². The molecule has 2 heterocycles. The van der Waals surface area contributed by atoms with Crippen molar-refractivity contribution in [3.8, 4) is 11.5 Å².